The fraction of sp³-hybridized carbons (Fsp3) is 0.389. The molecule has 1 aromatic heterocycles. The van der Waals surface area contributed by atoms with Crippen LogP contribution in [0.15, 0.2) is 18.2 Å². The summed E-state index contributed by atoms with van der Waals surface area (Å²) in [6, 6.07) is 5.16. The first kappa shape index (κ1) is 16.2. The van der Waals surface area contributed by atoms with Gasteiger partial charge in [-0.15, -0.1) is 11.3 Å². The van der Waals surface area contributed by atoms with Crippen molar-refractivity contribution in [1.82, 2.24) is 10.2 Å². The van der Waals surface area contributed by atoms with Crippen molar-refractivity contribution in [3.63, 3.8) is 0 Å². The summed E-state index contributed by atoms with van der Waals surface area (Å²) in [7, 11) is 2.10. The van der Waals surface area contributed by atoms with Gasteiger partial charge in [0.25, 0.3) is 5.91 Å². The molecule has 6 nitrogen and oxygen atoms in total. The minimum Gasteiger partial charge on any atom is -0.504 e. The molecule has 4 rings (SSSR count). The molecule has 0 spiro atoms. The fourth-order valence-electron chi connectivity index (χ4n) is 3.39. The van der Waals surface area contributed by atoms with Gasteiger partial charge < -0.3 is 25.4 Å². The molecule has 132 valence electrons. The van der Waals surface area contributed by atoms with Crippen LogP contribution in [0.2, 0.25) is 0 Å². The average molecular weight is 359 g/mol. The molecule has 7 heteroatoms. The molecule has 2 aliphatic rings. The predicted molar refractivity (Wildman–Crippen MR) is 97.5 cm³/mol. The number of likely N-dealkylation sites (N-methyl/N-ethyl adjacent to an activating group) is 1. The molecule has 25 heavy (non-hydrogen) atoms. The quantitative estimate of drug-likeness (QED) is 0.786. The third-order valence-electron chi connectivity index (χ3n) is 4.64. The summed E-state index contributed by atoms with van der Waals surface area (Å²) in [4.78, 5) is 16.3. The third kappa shape index (κ3) is 2.83. The van der Waals surface area contributed by atoms with E-state index in [4.69, 9.17) is 4.74 Å². The van der Waals surface area contributed by atoms with E-state index >= 15 is 0 Å². The van der Waals surface area contributed by atoms with E-state index < -0.39 is 0 Å². The van der Waals surface area contributed by atoms with Crippen molar-refractivity contribution < 1.29 is 14.6 Å². The van der Waals surface area contributed by atoms with Gasteiger partial charge in [0.1, 0.15) is 11.2 Å². The summed E-state index contributed by atoms with van der Waals surface area (Å²) >= 11 is 1.67. The number of phenolic OH excluding ortho intramolecular Hbond substituents is 1. The number of phenols is 1. The summed E-state index contributed by atoms with van der Waals surface area (Å²) < 4.78 is 5.45. The van der Waals surface area contributed by atoms with E-state index in [0.29, 0.717) is 12.4 Å². The topological polar surface area (TPSA) is 73.8 Å². The zero-order valence-corrected chi connectivity index (χ0v) is 15.1. The first-order valence-electron chi connectivity index (χ1n) is 8.43. The van der Waals surface area contributed by atoms with Crippen molar-refractivity contribution in [1.29, 1.82) is 0 Å². The van der Waals surface area contributed by atoms with E-state index in [1.165, 1.54) is 10.4 Å². The third-order valence-corrected chi connectivity index (χ3v) is 5.79. The number of hydrogen-bond donors (Lipinski definition) is 3. The summed E-state index contributed by atoms with van der Waals surface area (Å²) in [6.45, 7) is 4.20. The first-order chi connectivity index (χ1) is 12.1. The van der Waals surface area contributed by atoms with Crippen LogP contribution in [-0.4, -0.2) is 36.1 Å². The van der Waals surface area contributed by atoms with Gasteiger partial charge in [-0.1, -0.05) is 6.07 Å². The SMILES string of the molecule is CCOc1cc([C@H]2NC(=O)c3c(sc4c3CCN(C)C4)N2)ccc1O. The zero-order chi connectivity index (χ0) is 17.6. The molecule has 0 aliphatic carbocycles. The number of hydrogen-bond acceptors (Lipinski definition) is 6. The van der Waals surface area contributed by atoms with Crippen LogP contribution in [0.25, 0.3) is 0 Å². The molecule has 2 aromatic rings. The van der Waals surface area contributed by atoms with E-state index in [9.17, 15) is 9.90 Å². The summed E-state index contributed by atoms with van der Waals surface area (Å²) in [5.41, 5.74) is 2.83. The van der Waals surface area contributed by atoms with Gasteiger partial charge in [-0.2, -0.15) is 0 Å². The lowest BCUT2D eigenvalue weighted by Crippen LogP contribution is -2.38. The molecule has 3 heterocycles. The van der Waals surface area contributed by atoms with E-state index in [-0.39, 0.29) is 17.8 Å². The lowest BCUT2D eigenvalue weighted by atomic mass is 10.0. The number of nitrogens with one attached hydrogen (secondary N) is 2. The second-order valence-electron chi connectivity index (χ2n) is 6.41. The normalized spacial score (nSPS) is 19.6. The van der Waals surface area contributed by atoms with Gasteiger partial charge in [-0.25, -0.2) is 0 Å². The van der Waals surface area contributed by atoms with Crippen molar-refractivity contribution in [2.24, 2.45) is 0 Å². The molecular weight excluding hydrogens is 338 g/mol. The van der Waals surface area contributed by atoms with Crippen molar-refractivity contribution in [3.05, 3.63) is 39.8 Å². The first-order valence-corrected chi connectivity index (χ1v) is 9.24. The number of aromatic hydroxyl groups is 1. The molecule has 0 radical (unpaired) electrons. The van der Waals surface area contributed by atoms with Crippen molar-refractivity contribution >= 4 is 22.2 Å². The van der Waals surface area contributed by atoms with Gasteiger partial charge in [0.15, 0.2) is 11.5 Å². The Labute approximate surface area is 150 Å². The summed E-state index contributed by atoms with van der Waals surface area (Å²) in [5, 5.41) is 17.3. The van der Waals surface area contributed by atoms with E-state index in [0.717, 1.165) is 35.6 Å². The second-order valence-corrected chi connectivity index (χ2v) is 7.51. The minimum absolute atomic E-state index is 0.0353. The van der Waals surface area contributed by atoms with Gasteiger partial charge in [-0.05, 0) is 43.7 Å². The number of fused-ring (bicyclic) bond motifs is 3. The minimum atomic E-state index is -0.336. The monoisotopic (exact) mass is 359 g/mol. The molecule has 0 fully saturated rings. The van der Waals surface area contributed by atoms with Crippen molar-refractivity contribution in [3.8, 4) is 11.5 Å². The number of nitrogens with zero attached hydrogens (tertiary/aromatic N) is 1. The molecule has 0 saturated carbocycles. The Morgan fingerprint density at radius 2 is 2.24 bits per heavy atom. The number of benzene rings is 1. The maximum Gasteiger partial charge on any atom is 0.256 e. The molecule has 0 unspecified atom stereocenters. The highest BCUT2D eigenvalue weighted by atomic mass is 32.1. The highest BCUT2D eigenvalue weighted by Crippen LogP contribution is 2.41. The summed E-state index contributed by atoms with van der Waals surface area (Å²) in [6.07, 6.45) is 0.572. The Kier molecular flexibility index (Phi) is 4.05. The molecule has 0 saturated heterocycles. The van der Waals surface area contributed by atoms with Crippen LogP contribution in [0.4, 0.5) is 5.00 Å². The van der Waals surface area contributed by atoms with Gasteiger partial charge >= 0.3 is 0 Å². The highest BCUT2D eigenvalue weighted by molar-refractivity contribution is 7.16. The van der Waals surface area contributed by atoms with Gasteiger partial charge in [-0.3, -0.25) is 4.79 Å². The average Bonchev–Trinajstić information content (AvgIpc) is 2.94. The Hall–Kier alpha value is -2.25. The number of ether oxygens (including phenoxy) is 1. The van der Waals surface area contributed by atoms with Gasteiger partial charge in [0.2, 0.25) is 0 Å². The van der Waals surface area contributed by atoms with Gasteiger partial charge in [0, 0.05) is 18.0 Å². The molecule has 1 aromatic carbocycles. The molecule has 0 bridgehead atoms. The van der Waals surface area contributed by atoms with Crippen molar-refractivity contribution in [2.45, 2.75) is 26.1 Å². The number of carbonyl (C=O) groups excluding carboxylic acids is 1. The predicted octanol–water partition coefficient (Wildman–Crippen LogP) is 2.69. The van der Waals surface area contributed by atoms with Crippen LogP contribution in [0, 0.1) is 0 Å². The molecule has 2 aliphatic heterocycles. The van der Waals surface area contributed by atoms with Crippen LogP contribution >= 0.6 is 11.3 Å². The maximum atomic E-state index is 12.7. The number of thiophene rings is 1. The second kappa shape index (κ2) is 6.24. The molecular formula is C18H21N3O3S. The van der Waals surface area contributed by atoms with Crippen LogP contribution in [0.1, 0.15) is 39.5 Å². The summed E-state index contributed by atoms with van der Waals surface area (Å²) in [5.74, 6) is 0.490. The van der Waals surface area contributed by atoms with E-state index in [2.05, 4.69) is 22.6 Å². The van der Waals surface area contributed by atoms with Crippen LogP contribution < -0.4 is 15.4 Å². The maximum absolute atomic E-state index is 12.7. The van der Waals surface area contributed by atoms with E-state index in [1.807, 2.05) is 6.92 Å². The van der Waals surface area contributed by atoms with Crippen LogP contribution in [-0.2, 0) is 13.0 Å². The number of amides is 1. The Balaban J connectivity index is 1.66. The Morgan fingerprint density at radius 1 is 1.40 bits per heavy atom. The fourth-order valence-corrected chi connectivity index (χ4v) is 4.74. The standard InChI is InChI=1S/C18H21N3O3S/c1-3-24-13-8-10(4-5-12(13)22)16-19-17(23)15-11-6-7-21(2)9-14(11)25-18(15)20-16/h4-5,8,16,20,22H,3,6-7,9H2,1-2H3,(H,19,23)/t16-/m0/s1. The van der Waals surface area contributed by atoms with Crippen LogP contribution in [0.3, 0.4) is 0 Å². The largest absolute Gasteiger partial charge is 0.504 e. The number of carbonyl (C=O) groups is 1. The highest BCUT2D eigenvalue weighted by Gasteiger charge is 2.33. The lowest BCUT2D eigenvalue weighted by molar-refractivity contribution is 0.0934. The lowest BCUT2D eigenvalue weighted by Gasteiger charge is -2.27. The Bertz CT molecular complexity index is 833. The van der Waals surface area contributed by atoms with Gasteiger partial charge in [0.05, 0.1) is 12.2 Å². The van der Waals surface area contributed by atoms with Crippen LogP contribution in [0.5, 0.6) is 11.5 Å². The molecule has 3 N–H and O–H groups in total. The zero-order valence-electron chi connectivity index (χ0n) is 14.3. The number of rotatable bonds is 3. The Morgan fingerprint density at radius 3 is 3.04 bits per heavy atom. The van der Waals surface area contributed by atoms with Crippen molar-refractivity contribution in [2.75, 3.05) is 25.5 Å². The molecule has 1 atom stereocenters. The smallest absolute Gasteiger partial charge is 0.256 e. The van der Waals surface area contributed by atoms with E-state index in [1.54, 1.807) is 29.5 Å². The number of anilines is 1. The molecule has 1 amide bonds.